The van der Waals surface area contributed by atoms with Gasteiger partial charge in [0.15, 0.2) is 5.65 Å². The van der Waals surface area contributed by atoms with Crippen LogP contribution in [0, 0.1) is 19.3 Å². The molecule has 0 atom stereocenters. The summed E-state index contributed by atoms with van der Waals surface area (Å²) in [5.74, 6) is 4.15. The van der Waals surface area contributed by atoms with E-state index in [2.05, 4.69) is 54.9 Å². The smallest absolute Gasteiger partial charge is 0.158 e. The molecule has 2 N–H and O–H groups in total. The third-order valence-corrected chi connectivity index (χ3v) is 7.34. The van der Waals surface area contributed by atoms with E-state index in [1.165, 1.54) is 17.5 Å². The van der Waals surface area contributed by atoms with Gasteiger partial charge in [-0.15, -0.1) is 0 Å². The summed E-state index contributed by atoms with van der Waals surface area (Å²) in [6.45, 7) is 8.51. The molecule has 0 aliphatic carbocycles. The number of aromatic nitrogens is 4. The normalized spacial score (nSPS) is 14.1. The molecular weight excluding hydrogens is 540 g/mol. The fourth-order valence-corrected chi connectivity index (χ4v) is 5.11. The molecule has 43 heavy (non-hydrogen) atoms. The molecular formula is C33H40N8O2. The van der Waals surface area contributed by atoms with Crippen molar-refractivity contribution in [3.05, 3.63) is 95.4 Å². The number of aromatic amines is 1. The van der Waals surface area contributed by atoms with Gasteiger partial charge in [0.25, 0.3) is 0 Å². The summed E-state index contributed by atoms with van der Waals surface area (Å²) in [5, 5.41) is 11.2. The summed E-state index contributed by atoms with van der Waals surface area (Å²) in [5.41, 5.74) is 6.86. The quantitative estimate of drug-likeness (QED) is 0.116. The van der Waals surface area contributed by atoms with Crippen molar-refractivity contribution in [2.45, 2.75) is 39.5 Å². The van der Waals surface area contributed by atoms with Gasteiger partial charge in [-0.1, -0.05) is 23.8 Å². The molecule has 10 heteroatoms. The molecule has 1 aliphatic heterocycles. The van der Waals surface area contributed by atoms with Crippen LogP contribution in [-0.2, 0) is 4.79 Å². The van der Waals surface area contributed by atoms with Gasteiger partial charge in [0, 0.05) is 38.1 Å². The Labute approximate surface area is 252 Å². The van der Waals surface area contributed by atoms with Crippen LogP contribution in [0.25, 0.3) is 5.65 Å². The molecule has 1 aromatic carbocycles. The number of nitrogens with one attached hydrogen (secondary N) is 2. The molecule has 0 bridgehead atoms. The van der Waals surface area contributed by atoms with Gasteiger partial charge < -0.3 is 19.5 Å². The zero-order valence-corrected chi connectivity index (χ0v) is 25.5. The molecule has 10 nitrogen and oxygen atoms in total. The number of likely N-dealkylation sites (N-methyl/N-ethyl adjacent to an activating group) is 1. The fourth-order valence-electron chi connectivity index (χ4n) is 5.11. The monoisotopic (exact) mass is 580 g/mol. The number of rotatable bonds is 9. The van der Waals surface area contributed by atoms with Crippen LogP contribution in [0.4, 0.5) is 0 Å². The maximum Gasteiger partial charge on any atom is 0.158 e. The Bertz CT molecular complexity index is 1630. The summed E-state index contributed by atoms with van der Waals surface area (Å²) in [7, 11) is 4.00. The summed E-state index contributed by atoms with van der Waals surface area (Å²) in [6, 6.07) is 12.0. The summed E-state index contributed by atoms with van der Waals surface area (Å²) < 4.78 is 7.56. The number of aliphatic imine (C=N–C) groups is 1. The zero-order chi connectivity index (χ0) is 30.8. The summed E-state index contributed by atoms with van der Waals surface area (Å²) in [4.78, 5) is 26.9. The van der Waals surface area contributed by atoms with E-state index < -0.39 is 0 Å². The summed E-state index contributed by atoms with van der Waals surface area (Å²) in [6.07, 6.45) is 12.2. The largest absolute Gasteiger partial charge is 0.457 e. The Morgan fingerprint density at radius 3 is 2.70 bits per heavy atom. The zero-order valence-electron chi connectivity index (χ0n) is 25.5. The number of allylic oxidation sites excluding steroid dienone is 1. The lowest BCUT2D eigenvalue weighted by Gasteiger charge is -2.33. The van der Waals surface area contributed by atoms with Crippen molar-refractivity contribution >= 4 is 23.6 Å². The molecule has 0 unspecified atom stereocenters. The Balaban J connectivity index is 0.000000206. The number of H-pyrrole nitrogens is 1. The van der Waals surface area contributed by atoms with Crippen molar-refractivity contribution in [1.29, 1.82) is 5.41 Å². The molecule has 1 saturated heterocycles. The lowest BCUT2D eigenvalue weighted by Crippen LogP contribution is -2.32. The Morgan fingerprint density at radius 2 is 2.00 bits per heavy atom. The number of pyridine rings is 1. The van der Waals surface area contributed by atoms with Crippen LogP contribution in [0.5, 0.6) is 11.5 Å². The van der Waals surface area contributed by atoms with E-state index >= 15 is 0 Å². The van der Waals surface area contributed by atoms with E-state index in [4.69, 9.17) is 10.1 Å². The predicted molar refractivity (Wildman–Crippen MR) is 171 cm³/mol. The number of nitrogens with zero attached hydrogens (tertiary/aromatic N) is 6. The number of hydrogen-bond donors (Lipinski definition) is 2. The summed E-state index contributed by atoms with van der Waals surface area (Å²) >= 11 is 0. The second-order valence-corrected chi connectivity index (χ2v) is 10.9. The van der Waals surface area contributed by atoms with Crippen molar-refractivity contribution < 1.29 is 9.53 Å². The molecule has 224 valence electrons. The average Bonchev–Trinajstić information content (AvgIpc) is 3.67. The Kier molecular flexibility index (Phi) is 10.8. The highest BCUT2D eigenvalue weighted by molar-refractivity contribution is 6.01. The van der Waals surface area contributed by atoms with E-state index in [1.807, 2.05) is 76.8 Å². The second kappa shape index (κ2) is 14.9. The molecule has 5 rings (SSSR count). The molecule has 0 spiro atoms. The lowest BCUT2D eigenvalue weighted by molar-refractivity contribution is 0.271. The Morgan fingerprint density at radius 1 is 1.21 bits per heavy atom. The standard InChI is InChI=1S/C19H27N5O.C14H13N3O/c1-15(22-14-20)19-18(6-9-21-19)16-7-11-24(12-8-16)17(13-25)5-4-10-23(2)3;1-10-3-4-13(11(2)7-10)18-12-5-6-17-14(8-12)15-9-16-17/h4-6,9,14,16,20-21H,7-8,10-12H2,1-3H3;3-9H,1-2H3/b5-4+,20-14?,22-15?;. The minimum Gasteiger partial charge on any atom is -0.457 e. The highest BCUT2D eigenvalue weighted by atomic mass is 16.5. The number of hydrogen-bond acceptors (Lipinski definition) is 7. The van der Waals surface area contributed by atoms with Crippen LogP contribution in [0.3, 0.4) is 0 Å². The van der Waals surface area contributed by atoms with Crippen molar-refractivity contribution in [1.82, 2.24) is 29.4 Å². The van der Waals surface area contributed by atoms with E-state index in [0.717, 1.165) is 72.9 Å². The number of piperidine rings is 1. The van der Waals surface area contributed by atoms with Crippen molar-refractivity contribution in [3.8, 4) is 11.5 Å². The Hall–Kier alpha value is -4.79. The van der Waals surface area contributed by atoms with Gasteiger partial charge in [-0.3, -0.25) is 5.41 Å². The fraction of sp³-hybridized carbons (Fsp3) is 0.333. The SMILES string of the molecule is CC(=NC=N)c1[nH]ccc1C1CCN(C(=C=O)/C=C/CN(C)C)CC1.Cc1ccc(Oc2ccn3ncnc3c2)c(C)c1. The van der Waals surface area contributed by atoms with Crippen LogP contribution in [0.15, 0.2) is 78.0 Å². The van der Waals surface area contributed by atoms with E-state index in [1.54, 1.807) is 4.52 Å². The third-order valence-electron chi connectivity index (χ3n) is 7.34. The maximum absolute atomic E-state index is 11.3. The van der Waals surface area contributed by atoms with Gasteiger partial charge in [0.1, 0.15) is 35.8 Å². The van der Waals surface area contributed by atoms with Gasteiger partial charge in [-0.25, -0.2) is 19.3 Å². The first-order valence-electron chi connectivity index (χ1n) is 14.4. The molecule has 3 aromatic heterocycles. The molecule has 0 radical (unpaired) electrons. The minimum atomic E-state index is 0.437. The van der Waals surface area contributed by atoms with Crippen molar-refractivity contribution in [2.75, 3.05) is 33.7 Å². The predicted octanol–water partition coefficient (Wildman–Crippen LogP) is 5.58. The number of aryl methyl sites for hydroxylation is 2. The number of likely N-dealkylation sites (tertiary alicyclic amines) is 1. The van der Waals surface area contributed by atoms with Crippen molar-refractivity contribution in [2.24, 2.45) is 4.99 Å². The molecule has 4 heterocycles. The number of ether oxygens (including phenoxy) is 1. The molecule has 1 aliphatic rings. The highest BCUT2D eigenvalue weighted by Gasteiger charge is 2.24. The first kappa shape index (κ1) is 31.2. The van der Waals surface area contributed by atoms with Crippen LogP contribution in [0.1, 0.15) is 48.1 Å². The van der Waals surface area contributed by atoms with Gasteiger partial charge in [0.2, 0.25) is 0 Å². The van der Waals surface area contributed by atoms with Gasteiger partial charge in [-0.05, 0) is 89.0 Å². The third kappa shape index (κ3) is 8.38. The van der Waals surface area contributed by atoms with Crippen LogP contribution >= 0.6 is 0 Å². The number of benzene rings is 1. The minimum absolute atomic E-state index is 0.437. The van der Waals surface area contributed by atoms with Crippen LogP contribution < -0.4 is 4.74 Å². The van der Waals surface area contributed by atoms with Gasteiger partial charge in [-0.2, -0.15) is 5.10 Å². The second-order valence-electron chi connectivity index (χ2n) is 10.9. The number of fused-ring (bicyclic) bond motifs is 1. The van der Waals surface area contributed by atoms with E-state index in [9.17, 15) is 4.79 Å². The van der Waals surface area contributed by atoms with E-state index in [-0.39, 0.29) is 0 Å². The molecule has 0 saturated carbocycles. The highest BCUT2D eigenvalue weighted by Crippen LogP contribution is 2.31. The molecule has 1 fully saturated rings. The van der Waals surface area contributed by atoms with E-state index in [0.29, 0.717) is 11.6 Å². The van der Waals surface area contributed by atoms with Gasteiger partial charge in [0.05, 0.1) is 11.4 Å². The molecule has 0 amide bonds. The molecule has 4 aromatic rings. The number of carbonyl (C=O) groups excluding carboxylic acids is 1. The van der Waals surface area contributed by atoms with Crippen LogP contribution in [0.2, 0.25) is 0 Å². The van der Waals surface area contributed by atoms with Crippen LogP contribution in [-0.4, -0.2) is 81.1 Å². The van der Waals surface area contributed by atoms with Gasteiger partial charge >= 0.3 is 0 Å². The topological polar surface area (TPSA) is 115 Å². The average molecular weight is 581 g/mol. The first-order chi connectivity index (χ1) is 20.8. The van der Waals surface area contributed by atoms with Crippen molar-refractivity contribution in [3.63, 3.8) is 0 Å². The lowest BCUT2D eigenvalue weighted by atomic mass is 9.88. The maximum atomic E-state index is 11.3. The first-order valence-corrected chi connectivity index (χ1v) is 14.4.